The standard InChI is InChI=1S/C17H23N3O3/c1-13-2-4-19(5-3-13)16(21)14-10-15(12-18-11-14)17(22)20-6-8-23-9-7-20/h10-13H,2-9H2,1H3. The maximum Gasteiger partial charge on any atom is 0.255 e. The average molecular weight is 317 g/mol. The van der Waals surface area contributed by atoms with Gasteiger partial charge in [-0.15, -0.1) is 0 Å². The van der Waals surface area contributed by atoms with Crippen LogP contribution in [0.4, 0.5) is 0 Å². The summed E-state index contributed by atoms with van der Waals surface area (Å²) in [5.74, 6) is 0.565. The Morgan fingerprint density at radius 1 is 1.00 bits per heavy atom. The number of morpholine rings is 1. The molecule has 0 N–H and O–H groups in total. The van der Waals surface area contributed by atoms with Crippen molar-refractivity contribution in [2.45, 2.75) is 19.8 Å². The summed E-state index contributed by atoms with van der Waals surface area (Å²) in [6.45, 7) is 6.06. The first kappa shape index (κ1) is 15.9. The molecule has 2 saturated heterocycles. The number of piperidine rings is 1. The number of carbonyl (C=O) groups is 2. The van der Waals surface area contributed by atoms with Gasteiger partial charge in [-0.05, 0) is 24.8 Å². The van der Waals surface area contributed by atoms with Crippen LogP contribution in [-0.4, -0.2) is 66.0 Å². The molecule has 0 aromatic carbocycles. The van der Waals surface area contributed by atoms with Crippen LogP contribution in [-0.2, 0) is 4.74 Å². The first-order valence-corrected chi connectivity index (χ1v) is 8.26. The molecule has 0 atom stereocenters. The van der Waals surface area contributed by atoms with Crippen LogP contribution in [0.15, 0.2) is 18.5 Å². The fourth-order valence-corrected chi connectivity index (χ4v) is 3.02. The number of nitrogens with zero attached hydrogens (tertiary/aromatic N) is 3. The summed E-state index contributed by atoms with van der Waals surface area (Å²) in [6, 6.07) is 1.67. The van der Waals surface area contributed by atoms with Gasteiger partial charge in [-0.1, -0.05) is 6.92 Å². The normalized spacial score (nSPS) is 19.7. The van der Waals surface area contributed by atoms with Crippen molar-refractivity contribution in [2.75, 3.05) is 39.4 Å². The summed E-state index contributed by atoms with van der Waals surface area (Å²) in [6.07, 6.45) is 5.15. The van der Waals surface area contributed by atoms with Crippen molar-refractivity contribution in [3.63, 3.8) is 0 Å². The van der Waals surface area contributed by atoms with E-state index in [1.165, 1.54) is 6.20 Å². The predicted molar refractivity (Wildman–Crippen MR) is 85.3 cm³/mol. The quantitative estimate of drug-likeness (QED) is 0.828. The molecule has 2 fully saturated rings. The first-order valence-electron chi connectivity index (χ1n) is 8.26. The van der Waals surface area contributed by atoms with E-state index in [1.807, 2.05) is 4.90 Å². The predicted octanol–water partition coefficient (Wildman–Crippen LogP) is 1.43. The van der Waals surface area contributed by atoms with E-state index >= 15 is 0 Å². The third-order valence-corrected chi connectivity index (χ3v) is 4.60. The molecular weight excluding hydrogens is 294 g/mol. The second kappa shape index (κ2) is 7.08. The first-order chi connectivity index (χ1) is 11.1. The van der Waals surface area contributed by atoms with E-state index in [0.29, 0.717) is 43.3 Å². The van der Waals surface area contributed by atoms with E-state index in [2.05, 4.69) is 11.9 Å². The molecule has 0 aliphatic carbocycles. The van der Waals surface area contributed by atoms with Crippen molar-refractivity contribution in [2.24, 2.45) is 5.92 Å². The van der Waals surface area contributed by atoms with E-state index in [1.54, 1.807) is 17.2 Å². The van der Waals surface area contributed by atoms with Crippen LogP contribution in [0.5, 0.6) is 0 Å². The van der Waals surface area contributed by atoms with Gasteiger partial charge in [0, 0.05) is 38.6 Å². The number of likely N-dealkylation sites (tertiary alicyclic amines) is 1. The summed E-state index contributed by atoms with van der Waals surface area (Å²) in [4.78, 5) is 32.8. The Morgan fingerprint density at radius 2 is 1.52 bits per heavy atom. The molecule has 6 nitrogen and oxygen atoms in total. The van der Waals surface area contributed by atoms with E-state index < -0.39 is 0 Å². The Hall–Kier alpha value is -1.95. The van der Waals surface area contributed by atoms with Crippen LogP contribution >= 0.6 is 0 Å². The Labute approximate surface area is 136 Å². The highest BCUT2D eigenvalue weighted by molar-refractivity contribution is 5.99. The molecule has 2 aliphatic rings. The SMILES string of the molecule is CC1CCN(C(=O)c2cncc(C(=O)N3CCOCC3)c2)CC1. The van der Waals surface area contributed by atoms with Gasteiger partial charge in [-0.2, -0.15) is 0 Å². The minimum atomic E-state index is -0.0808. The molecule has 3 rings (SSSR count). The molecule has 2 aliphatic heterocycles. The molecule has 124 valence electrons. The molecule has 1 aromatic rings. The minimum Gasteiger partial charge on any atom is -0.378 e. The van der Waals surface area contributed by atoms with E-state index in [9.17, 15) is 9.59 Å². The maximum absolute atomic E-state index is 12.6. The van der Waals surface area contributed by atoms with Crippen LogP contribution in [0, 0.1) is 5.92 Å². The van der Waals surface area contributed by atoms with Crippen molar-refractivity contribution in [3.8, 4) is 0 Å². The molecule has 1 aromatic heterocycles. The number of aromatic nitrogens is 1. The molecule has 0 unspecified atom stereocenters. The zero-order chi connectivity index (χ0) is 16.2. The summed E-state index contributed by atoms with van der Waals surface area (Å²) in [7, 11) is 0. The van der Waals surface area contributed by atoms with E-state index in [0.717, 1.165) is 25.9 Å². The van der Waals surface area contributed by atoms with Crippen molar-refractivity contribution in [3.05, 3.63) is 29.6 Å². The number of hydrogen-bond acceptors (Lipinski definition) is 4. The van der Waals surface area contributed by atoms with Gasteiger partial charge < -0.3 is 14.5 Å². The molecule has 0 saturated carbocycles. The van der Waals surface area contributed by atoms with Gasteiger partial charge in [0.05, 0.1) is 24.3 Å². The minimum absolute atomic E-state index is 0.0268. The van der Waals surface area contributed by atoms with Crippen molar-refractivity contribution < 1.29 is 14.3 Å². The van der Waals surface area contributed by atoms with Crippen LogP contribution in [0.1, 0.15) is 40.5 Å². The lowest BCUT2D eigenvalue weighted by atomic mass is 9.98. The number of amides is 2. The highest BCUT2D eigenvalue weighted by Crippen LogP contribution is 2.18. The molecule has 0 radical (unpaired) electrons. The van der Waals surface area contributed by atoms with E-state index in [-0.39, 0.29) is 11.8 Å². The largest absolute Gasteiger partial charge is 0.378 e. The summed E-state index contributed by atoms with van der Waals surface area (Å²) >= 11 is 0. The van der Waals surface area contributed by atoms with Gasteiger partial charge in [0.15, 0.2) is 0 Å². The Morgan fingerprint density at radius 3 is 2.09 bits per heavy atom. The molecule has 0 bridgehead atoms. The van der Waals surface area contributed by atoms with Gasteiger partial charge in [0.2, 0.25) is 0 Å². The fourth-order valence-electron chi connectivity index (χ4n) is 3.02. The number of ether oxygens (including phenoxy) is 1. The van der Waals surface area contributed by atoms with Crippen LogP contribution in [0.25, 0.3) is 0 Å². The average Bonchev–Trinajstić information content (AvgIpc) is 2.62. The Balaban J connectivity index is 1.71. The Bertz CT molecular complexity index is 576. The third-order valence-electron chi connectivity index (χ3n) is 4.60. The highest BCUT2D eigenvalue weighted by atomic mass is 16.5. The highest BCUT2D eigenvalue weighted by Gasteiger charge is 2.24. The lowest BCUT2D eigenvalue weighted by Gasteiger charge is -2.30. The molecule has 23 heavy (non-hydrogen) atoms. The lowest BCUT2D eigenvalue weighted by molar-refractivity contribution is 0.0302. The molecular formula is C17H23N3O3. The number of carbonyl (C=O) groups excluding carboxylic acids is 2. The summed E-state index contributed by atoms with van der Waals surface area (Å²) < 4.78 is 5.27. The van der Waals surface area contributed by atoms with Gasteiger partial charge in [-0.25, -0.2) is 0 Å². The van der Waals surface area contributed by atoms with Crippen molar-refractivity contribution in [1.29, 1.82) is 0 Å². The molecule has 3 heterocycles. The zero-order valence-corrected chi connectivity index (χ0v) is 13.5. The number of rotatable bonds is 2. The molecule has 2 amide bonds. The molecule has 6 heteroatoms. The van der Waals surface area contributed by atoms with Crippen LogP contribution in [0.2, 0.25) is 0 Å². The fraction of sp³-hybridized carbons (Fsp3) is 0.588. The van der Waals surface area contributed by atoms with Crippen molar-refractivity contribution in [1.82, 2.24) is 14.8 Å². The van der Waals surface area contributed by atoms with Gasteiger partial charge in [0.1, 0.15) is 0 Å². The monoisotopic (exact) mass is 317 g/mol. The summed E-state index contributed by atoms with van der Waals surface area (Å²) in [5.41, 5.74) is 0.974. The second-order valence-electron chi connectivity index (χ2n) is 6.34. The van der Waals surface area contributed by atoms with Gasteiger partial charge >= 0.3 is 0 Å². The topological polar surface area (TPSA) is 62.7 Å². The lowest BCUT2D eigenvalue weighted by Crippen LogP contribution is -2.41. The van der Waals surface area contributed by atoms with E-state index in [4.69, 9.17) is 4.74 Å². The summed E-state index contributed by atoms with van der Waals surface area (Å²) in [5, 5.41) is 0. The molecule has 0 spiro atoms. The smallest absolute Gasteiger partial charge is 0.255 e. The van der Waals surface area contributed by atoms with Crippen LogP contribution in [0.3, 0.4) is 0 Å². The number of pyridine rings is 1. The van der Waals surface area contributed by atoms with Crippen LogP contribution < -0.4 is 0 Å². The number of hydrogen-bond donors (Lipinski definition) is 0. The van der Waals surface area contributed by atoms with Crippen molar-refractivity contribution >= 4 is 11.8 Å². The van der Waals surface area contributed by atoms with Gasteiger partial charge in [0.25, 0.3) is 11.8 Å². The maximum atomic E-state index is 12.6. The second-order valence-corrected chi connectivity index (χ2v) is 6.34. The Kier molecular flexibility index (Phi) is 4.91. The third kappa shape index (κ3) is 3.69. The zero-order valence-electron chi connectivity index (χ0n) is 13.5. The van der Waals surface area contributed by atoms with Gasteiger partial charge in [-0.3, -0.25) is 14.6 Å².